The van der Waals surface area contributed by atoms with E-state index in [1.54, 1.807) is 24.4 Å². The Hall–Kier alpha value is -2.78. The lowest BCUT2D eigenvalue weighted by Gasteiger charge is -2.25. The lowest BCUT2D eigenvalue weighted by atomic mass is 10.1. The molecule has 2 aliphatic rings. The summed E-state index contributed by atoms with van der Waals surface area (Å²) in [5, 5.41) is 1.80. The first kappa shape index (κ1) is 21.5. The van der Waals surface area contributed by atoms with Gasteiger partial charge in [0.1, 0.15) is 11.6 Å². The van der Waals surface area contributed by atoms with E-state index in [1.165, 1.54) is 12.3 Å². The molecule has 7 nitrogen and oxygen atoms in total. The second-order valence-corrected chi connectivity index (χ2v) is 8.84. The highest BCUT2D eigenvalue weighted by atomic mass is 32.2. The number of hydrogen-bond donors (Lipinski definition) is 1. The maximum absolute atomic E-state index is 14.6. The van der Waals surface area contributed by atoms with Crippen molar-refractivity contribution in [2.24, 2.45) is 0 Å². The van der Waals surface area contributed by atoms with Crippen LogP contribution in [0.15, 0.2) is 35.5 Å². The Morgan fingerprint density at radius 3 is 2.74 bits per heavy atom. The predicted molar refractivity (Wildman–Crippen MR) is 120 cm³/mol. The third-order valence-electron chi connectivity index (χ3n) is 5.41. The minimum absolute atomic E-state index is 0.279. The fourth-order valence-corrected chi connectivity index (χ4v) is 4.40. The van der Waals surface area contributed by atoms with Gasteiger partial charge in [-0.3, -0.25) is 24.8 Å². The lowest BCUT2D eigenvalue weighted by molar-refractivity contribution is -0.115. The Morgan fingerprint density at radius 1 is 1.16 bits per heavy atom. The van der Waals surface area contributed by atoms with Crippen molar-refractivity contribution in [3.63, 3.8) is 0 Å². The van der Waals surface area contributed by atoms with Crippen molar-refractivity contribution < 1.29 is 14.0 Å². The molecule has 31 heavy (non-hydrogen) atoms. The first-order valence-corrected chi connectivity index (χ1v) is 11.1. The zero-order valence-electron chi connectivity index (χ0n) is 17.5. The van der Waals surface area contributed by atoms with Gasteiger partial charge < -0.3 is 4.90 Å². The molecule has 3 heterocycles. The fourth-order valence-electron chi connectivity index (χ4n) is 3.72. The smallest absolute Gasteiger partial charge is 0.290 e. The summed E-state index contributed by atoms with van der Waals surface area (Å²) in [5.41, 5.74) is 1.34. The summed E-state index contributed by atoms with van der Waals surface area (Å²) in [4.78, 5) is 37.1. The van der Waals surface area contributed by atoms with E-state index >= 15 is 0 Å². The summed E-state index contributed by atoms with van der Waals surface area (Å²) in [6.07, 6.45) is 5.85. The van der Waals surface area contributed by atoms with E-state index in [4.69, 9.17) is 0 Å². The van der Waals surface area contributed by atoms with Gasteiger partial charge in [0.05, 0.1) is 23.0 Å². The Labute approximate surface area is 184 Å². The zero-order chi connectivity index (χ0) is 22.0. The standard InChI is InChI=1S/C22H24FN5O2S/c1-14(2)27-6-3-7-28(9-8-27)20-13-24-12-18(25-20)16-10-15(4-5-17(16)23)11-19-21(29)26-22(30)31-19/h4-5,10-14H,3,6-9H2,1-2H3,(H,26,29,30). The van der Waals surface area contributed by atoms with Crippen molar-refractivity contribution in [2.45, 2.75) is 26.3 Å². The average Bonchev–Trinajstić information content (AvgIpc) is 2.94. The molecule has 0 atom stereocenters. The Balaban J connectivity index is 1.60. The van der Waals surface area contributed by atoms with Gasteiger partial charge in [0.25, 0.3) is 11.1 Å². The minimum Gasteiger partial charge on any atom is -0.354 e. The van der Waals surface area contributed by atoms with E-state index in [0.29, 0.717) is 22.9 Å². The van der Waals surface area contributed by atoms with Gasteiger partial charge in [-0.15, -0.1) is 0 Å². The number of carbonyl (C=O) groups excluding carboxylic acids is 2. The van der Waals surface area contributed by atoms with Crippen molar-refractivity contribution in [1.82, 2.24) is 20.2 Å². The molecule has 4 rings (SSSR count). The van der Waals surface area contributed by atoms with Crippen LogP contribution in [0.2, 0.25) is 0 Å². The number of amides is 2. The largest absolute Gasteiger partial charge is 0.354 e. The molecule has 0 unspecified atom stereocenters. The van der Waals surface area contributed by atoms with Gasteiger partial charge in [0.2, 0.25) is 0 Å². The van der Waals surface area contributed by atoms with E-state index in [9.17, 15) is 14.0 Å². The number of thioether (sulfide) groups is 1. The topological polar surface area (TPSA) is 78.4 Å². The molecule has 2 fully saturated rings. The molecule has 2 amide bonds. The molecular formula is C22H24FN5O2S. The Kier molecular flexibility index (Phi) is 6.33. The van der Waals surface area contributed by atoms with Gasteiger partial charge in [-0.2, -0.15) is 0 Å². The first-order valence-electron chi connectivity index (χ1n) is 10.3. The maximum atomic E-state index is 14.6. The maximum Gasteiger partial charge on any atom is 0.290 e. The van der Waals surface area contributed by atoms with Gasteiger partial charge in [-0.25, -0.2) is 9.37 Å². The quantitative estimate of drug-likeness (QED) is 0.727. The van der Waals surface area contributed by atoms with Crippen LogP contribution in [-0.2, 0) is 4.79 Å². The number of nitrogens with zero attached hydrogens (tertiary/aromatic N) is 4. The van der Waals surface area contributed by atoms with Crippen LogP contribution in [0.1, 0.15) is 25.8 Å². The van der Waals surface area contributed by atoms with Crippen molar-refractivity contribution in [3.8, 4) is 11.3 Å². The molecule has 2 aliphatic heterocycles. The second-order valence-electron chi connectivity index (χ2n) is 7.82. The summed E-state index contributed by atoms with van der Waals surface area (Å²) in [5.74, 6) is -0.142. The summed E-state index contributed by atoms with van der Waals surface area (Å²) >= 11 is 0.829. The SMILES string of the molecule is CC(C)N1CCCN(c2cncc(-c3cc(C=C4SC(=O)NC4=O)ccc3F)n2)CC1. The average molecular weight is 442 g/mol. The molecule has 1 aromatic heterocycles. The number of imide groups is 1. The van der Waals surface area contributed by atoms with Crippen LogP contribution in [0.25, 0.3) is 17.3 Å². The van der Waals surface area contributed by atoms with Crippen molar-refractivity contribution in [2.75, 3.05) is 31.1 Å². The Morgan fingerprint density at radius 2 is 2.00 bits per heavy atom. The molecular weight excluding hydrogens is 417 g/mol. The number of anilines is 1. The van der Waals surface area contributed by atoms with Gasteiger partial charge in [-0.05, 0) is 55.8 Å². The first-order chi connectivity index (χ1) is 14.9. The van der Waals surface area contributed by atoms with Crippen LogP contribution in [-0.4, -0.2) is 58.2 Å². The Bertz CT molecular complexity index is 1040. The molecule has 0 saturated carbocycles. The summed E-state index contributed by atoms with van der Waals surface area (Å²) in [6, 6.07) is 5.02. The molecule has 2 saturated heterocycles. The monoisotopic (exact) mass is 441 g/mol. The summed E-state index contributed by atoms with van der Waals surface area (Å²) in [6.45, 7) is 8.09. The lowest BCUT2D eigenvalue weighted by Crippen LogP contribution is -2.35. The molecule has 1 N–H and O–H groups in total. The molecule has 0 bridgehead atoms. The highest BCUT2D eigenvalue weighted by Crippen LogP contribution is 2.29. The predicted octanol–water partition coefficient (Wildman–Crippen LogP) is 3.53. The van der Waals surface area contributed by atoms with Crippen LogP contribution in [0, 0.1) is 5.82 Å². The molecule has 1 aromatic carbocycles. The van der Waals surface area contributed by atoms with Crippen LogP contribution >= 0.6 is 11.8 Å². The second kappa shape index (κ2) is 9.15. The van der Waals surface area contributed by atoms with Crippen LogP contribution < -0.4 is 10.2 Å². The number of carbonyl (C=O) groups is 2. The third kappa shape index (κ3) is 4.94. The summed E-state index contributed by atoms with van der Waals surface area (Å²) in [7, 11) is 0. The van der Waals surface area contributed by atoms with E-state index in [-0.39, 0.29) is 4.91 Å². The zero-order valence-corrected chi connectivity index (χ0v) is 18.3. The molecule has 0 spiro atoms. The third-order valence-corrected chi connectivity index (χ3v) is 6.22. The van der Waals surface area contributed by atoms with E-state index in [2.05, 4.69) is 38.9 Å². The normalized spacial score (nSPS) is 19.2. The van der Waals surface area contributed by atoms with E-state index in [0.717, 1.165) is 50.2 Å². The van der Waals surface area contributed by atoms with Crippen molar-refractivity contribution in [3.05, 3.63) is 46.9 Å². The van der Waals surface area contributed by atoms with Crippen LogP contribution in [0.4, 0.5) is 15.0 Å². The number of benzene rings is 1. The van der Waals surface area contributed by atoms with E-state index in [1.807, 2.05) is 0 Å². The van der Waals surface area contributed by atoms with Crippen molar-refractivity contribution >= 4 is 34.8 Å². The number of nitrogens with one attached hydrogen (secondary N) is 1. The number of hydrogen-bond acceptors (Lipinski definition) is 7. The minimum atomic E-state index is -0.445. The van der Waals surface area contributed by atoms with Gasteiger partial charge >= 0.3 is 0 Å². The van der Waals surface area contributed by atoms with Crippen molar-refractivity contribution in [1.29, 1.82) is 0 Å². The molecule has 0 radical (unpaired) electrons. The molecule has 2 aromatic rings. The fraction of sp³-hybridized carbons (Fsp3) is 0.364. The highest BCUT2D eigenvalue weighted by molar-refractivity contribution is 8.18. The highest BCUT2D eigenvalue weighted by Gasteiger charge is 2.25. The van der Waals surface area contributed by atoms with Gasteiger partial charge in [-0.1, -0.05) is 6.07 Å². The molecule has 162 valence electrons. The van der Waals surface area contributed by atoms with E-state index < -0.39 is 17.0 Å². The number of aromatic nitrogens is 2. The van der Waals surface area contributed by atoms with Crippen LogP contribution in [0.5, 0.6) is 0 Å². The van der Waals surface area contributed by atoms with Crippen LogP contribution in [0.3, 0.4) is 0 Å². The summed E-state index contributed by atoms with van der Waals surface area (Å²) < 4.78 is 14.6. The number of halogens is 1. The van der Waals surface area contributed by atoms with Gasteiger partial charge in [0, 0.05) is 37.8 Å². The number of rotatable bonds is 4. The molecule has 0 aliphatic carbocycles. The van der Waals surface area contributed by atoms with Gasteiger partial charge in [0.15, 0.2) is 0 Å². The molecule has 9 heteroatoms.